The highest BCUT2D eigenvalue weighted by atomic mass is 16.5. The standard InChI is InChI=1S/C22H29N3O3/c1-18-17-24(22(26)25(18)19-11-13-23-14-12-19)15-5-3-4-6-16-28-21-9-7-20(27-2)8-10-21/h7-14,18H,3-6,15-17H2,1-2H3. The number of anilines is 1. The second-order valence-electron chi connectivity index (χ2n) is 7.09. The van der Waals surface area contributed by atoms with Crippen molar-refractivity contribution < 1.29 is 14.3 Å². The number of aromatic nitrogens is 1. The Labute approximate surface area is 167 Å². The molecule has 0 bridgehead atoms. The fourth-order valence-corrected chi connectivity index (χ4v) is 3.50. The van der Waals surface area contributed by atoms with Crippen molar-refractivity contribution in [3.8, 4) is 11.5 Å². The average Bonchev–Trinajstić information content (AvgIpc) is 3.01. The number of carbonyl (C=O) groups excluding carboxylic acids is 1. The van der Waals surface area contributed by atoms with Crippen LogP contribution in [0.25, 0.3) is 0 Å². The van der Waals surface area contributed by atoms with Gasteiger partial charge in [-0.3, -0.25) is 9.88 Å². The van der Waals surface area contributed by atoms with Crippen molar-refractivity contribution in [3.05, 3.63) is 48.8 Å². The van der Waals surface area contributed by atoms with Gasteiger partial charge in [-0.2, -0.15) is 0 Å². The van der Waals surface area contributed by atoms with Gasteiger partial charge >= 0.3 is 6.03 Å². The number of urea groups is 1. The molecule has 2 heterocycles. The van der Waals surface area contributed by atoms with Crippen LogP contribution < -0.4 is 14.4 Å². The molecule has 0 radical (unpaired) electrons. The molecule has 1 fully saturated rings. The van der Waals surface area contributed by atoms with E-state index in [9.17, 15) is 4.79 Å². The highest BCUT2D eigenvalue weighted by Gasteiger charge is 2.34. The minimum atomic E-state index is 0.0986. The molecule has 6 heteroatoms. The molecular weight excluding hydrogens is 354 g/mol. The summed E-state index contributed by atoms with van der Waals surface area (Å²) in [6, 6.07) is 11.7. The number of ether oxygens (including phenoxy) is 2. The molecular formula is C22H29N3O3. The number of amides is 2. The zero-order valence-electron chi connectivity index (χ0n) is 16.7. The predicted molar refractivity (Wildman–Crippen MR) is 110 cm³/mol. The SMILES string of the molecule is COc1ccc(OCCCCCCN2CC(C)N(c3ccncc3)C2=O)cc1. The highest BCUT2D eigenvalue weighted by Crippen LogP contribution is 2.24. The number of nitrogens with zero attached hydrogens (tertiary/aromatic N) is 3. The Balaban J connectivity index is 1.31. The smallest absolute Gasteiger partial charge is 0.324 e. The fourth-order valence-electron chi connectivity index (χ4n) is 3.50. The van der Waals surface area contributed by atoms with Crippen molar-refractivity contribution in [1.82, 2.24) is 9.88 Å². The largest absolute Gasteiger partial charge is 0.497 e. The van der Waals surface area contributed by atoms with Crippen LogP contribution in [0.3, 0.4) is 0 Å². The second-order valence-corrected chi connectivity index (χ2v) is 7.09. The highest BCUT2D eigenvalue weighted by molar-refractivity contribution is 5.94. The zero-order chi connectivity index (χ0) is 19.8. The van der Waals surface area contributed by atoms with E-state index >= 15 is 0 Å². The normalized spacial score (nSPS) is 16.5. The molecule has 1 atom stereocenters. The van der Waals surface area contributed by atoms with Crippen LogP contribution in [0.5, 0.6) is 11.5 Å². The van der Waals surface area contributed by atoms with Crippen LogP contribution >= 0.6 is 0 Å². The van der Waals surface area contributed by atoms with Crippen molar-refractivity contribution in [3.63, 3.8) is 0 Å². The number of benzene rings is 1. The van der Waals surface area contributed by atoms with Gasteiger partial charge < -0.3 is 14.4 Å². The maximum Gasteiger partial charge on any atom is 0.324 e. The molecule has 2 amide bonds. The first kappa shape index (κ1) is 20.0. The van der Waals surface area contributed by atoms with Crippen molar-refractivity contribution >= 4 is 11.7 Å². The number of hydrogen-bond donors (Lipinski definition) is 0. The third-order valence-corrected chi connectivity index (χ3v) is 4.99. The van der Waals surface area contributed by atoms with Crippen LogP contribution in [0.1, 0.15) is 32.6 Å². The molecule has 1 unspecified atom stereocenters. The third-order valence-electron chi connectivity index (χ3n) is 4.99. The van der Waals surface area contributed by atoms with Crippen molar-refractivity contribution in [2.24, 2.45) is 0 Å². The van der Waals surface area contributed by atoms with E-state index in [1.54, 1.807) is 19.5 Å². The van der Waals surface area contributed by atoms with Gasteiger partial charge in [0, 0.05) is 31.2 Å². The van der Waals surface area contributed by atoms with Gasteiger partial charge in [0.1, 0.15) is 11.5 Å². The Kier molecular flexibility index (Phi) is 7.12. The Morgan fingerprint density at radius 1 is 1.00 bits per heavy atom. The van der Waals surface area contributed by atoms with Gasteiger partial charge in [-0.05, 0) is 56.2 Å². The Morgan fingerprint density at radius 3 is 2.39 bits per heavy atom. The summed E-state index contributed by atoms with van der Waals surface area (Å²) < 4.78 is 10.9. The number of unbranched alkanes of at least 4 members (excludes halogenated alkanes) is 3. The van der Waals surface area contributed by atoms with E-state index in [4.69, 9.17) is 9.47 Å². The molecule has 28 heavy (non-hydrogen) atoms. The van der Waals surface area contributed by atoms with Gasteiger partial charge in [0.2, 0.25) is 0 Å². The van der Waals surface area contributed by atoms with Crippen molar-refractivity contribution in [2.75, 3.05) is 31.7 Å². The van der Waals surface area contributed by atoms with E-state index in [1.807, 2.05) is 46.2 Å². The number of rotatable bonds is 10. The minimum Gasteiger partial charge on any atom is -0.497 e. The second kappa shape index (κ2) is 9.97. The zero-order valence-corrected chi connectivity index (χ0v) is 16.7. The molecule has 1 aliphatic rings. The molecule has 1 aromatic heterocycles. The maximum atomic E-state index is 12.7. The van der Waals surface area contributed by atoms with Gasteiger partial charge in [0.05, 0.1) is 19.8 Å². The Hall–Kier alpha value is -2.76. The molecule has 2 aromatic rings. The van der Waals surface area contributed by atoms with Crippen molar-refractivity contribution in [2.45, 2.75) is 38.6 Å². The van der Waals surface area contributed by atoms with Gasteiger partial charge in [0.15, 0.2) is 0 Å². The van der Waals surface area contributed by atoms with E-state index < -0.39 is 0 Å². The molecule has 1 saturated heterocycles. The minimum absolute atomic E-state index is 0.0986. The predicted octanol–water partition coefficient (Wildman–Crippen LogP) is 4.36. The number of carbonyl (C=O) groups is 1. The van der Waals surface area contributed by atoms with Gasteiger partial charge in [-0.25, -0.2) is 4.79 Å². The first-order chi connectivity index (χ1) is 13.7. The molecule has 0 saturated carbocycles. The summed E-state index contributed by atoms with van der Waals surface area (Å²) in [7, 11) is 1.66. The quantitative estimate of drug-likeness (QED) is 0.572. The van der Waals surface area contributed by atoms with E-state index in [2.05, 4.69) is 11.9 Å². The first-order valence-corrected chi connectivity index (χ1v) is 9.94. The van der Waals surface area contributed by atoms with Crippen molar-refractivity contribution in [1.29, 1.82) is 0 Å². The first-order valence-electron chi connectivity index (χ1n) is 9.94. The summed E-state index contributed by atoms with van der Waals surface area (Å²) in [6.07, 6.45) is 7.68. The van der Waals surface area contributed by atoms with Crippen LogP contribution in [-0.2, 0) is 0 Å². The molecule has 3 rings (SSSR count). The lowest BCUT2D eigenvalue weighted by Crippen LogP contribution is -2.34. The third kappa shape index (κ3) is 5.15. The molecule has 6 nitrogen and oxygen atoms in total. The van der Waals surface area contributed by atoms with Crippen LogP contribution in [0.4, 0.5) is 10.5 Å². The summed E-state index contributed by atoms with van der Waals surface area (Å²) in [5.74, 6) is 1.70. The number of pyridine rings is 1. The number of methoxy groups -OCH3 is 1. The topological polar surface area (TPSA) is 54.9 Å². The number of hydrogen-bond acceptors (Lipinski definition) is 4. The van der Waals surface area contributed by atoms with Crippen LogP contribution in [0.15, 0.2) is 48.8 Å². The van der Waals surface area contributed by atoms with E-state index in [-0.39, 0.29) is 12.1 Å². The summed E-state index contributed by atoms with van der Waals surface area (Å²) in [4.78, 5) is 20.5. The summed E-state index contributed by atoms with van der Waals surface area (Å²) in [6.45, 7) is 4.39. The van der Waals surface area contributed by atoms with Crippen LogP contribution in [0.2, 0.25) is 0 Å². The van der Waals surface area contributed by atoms with E-state index in [1.165, 1.54) is 0 Å². The monoisotopic (exact) mass is 383 g/mol. The van der Waals surface area contributed by atoms with Gasteiger partial charge in [-0.15, -0.1) is 0 Å². The van der Waals surface area contributed by atoms with Crippen LogP contribution in [0, 0.1) is 0 Å². The average molecular weight is 383 g/mol. The maximum absolute atomic E-state index is 12.7. The van der Waals surface area contributed by atoms with E-state index in [0.29, 0.717) is 6.61 Å². The fraction of sp³-hybridized carbons (Fsp3) is 0.455. The van der Waals surface area contributed by atoms with Crippen LogP contribution in [-0.4, -0.2) is 48.8 Å². The Morgan fingerprint density at radius 2 is 1.68 bits per heavy atom. The Bertz CT molecular complexity index is 736. The van der Waals surface area contributed by atoms with Gasteiger partial charge in [-0.1, -0.05) is 12.8 Å². The molecule has 1 aliphatic heterocycles. The molecule has 150 valence electrons. The summed E-state index contributed by atoms with van der Waals surface area (Å²) >= 11 is 0. The molecule has 0 spiro atoms. The summed E-state index contributed by atoms with van der Waals surface area (Å²) in [5, 5.41) is 0. The molecule has 1 aromatic carbocycles. The van der Waals surface area contributed by atoms with E-state index in [0.717, 1.165) is 56.0 Å². The lowest BCUT2D eigenvalue weighted by Gasteiger charge is -2.20. The summed E-state index contributed by atoms with van der Waals surface area (Å²) in [5.41, 5.74) is 0.922. The lowest BCUT2D eigenvalue weighted by molar-refractivity contribution is 0.219. The molecule has 0 aliphatic carbocycles. The van der Waals surface area contributed by atoms with Gasteiger partial charge in [0.25, 0.3) is 0 Å². The molecule has 0 N–H and O–H groups in total. The lowest BCUT2D eigenvalue weighted by atomic mass is 10.2.